The fourth-order valence-corrected chi connectivity index (χ4v) is 2.01. The molecule has 0 aliphatic rings. The van der Waals surface area contributed by atoms with Crippen molar-refractivity contribution in [3.8, 4) is 0 Å². The Balaban J connectivity index is 1.95. The van der Waals surface area contributed by atoms with Gasteiger partial charge in [-0.15, -0.1) is 0 Å². The highest BCUT2D eigenvalue weighted by molar-refractivity contribution is 5.95. The monoisotopic (exact) mass is 252 g/mol. The van der Waals surface area contributed by atoms with E-state index in [1.807, 2.05) is 48.5 Å². The summed E-state index contributed by atoms with van der Waals surface area (Å²) in [6, 6.07) is 17.2. The highest BCUT2D eigenvalue weighted by Gasteiger charge is 2.07. The van der Waals surface area contributed by atoms with Gasteiger partial charge >= 0.3 is 5.97 Å². The lowest BCUT2D eigenvalue weighted by molar-refractivity contribution is 0.0691. The molecule has 94 valence electrons. The lowest BCUT2D eigenvalue weighted by Gasteiger charge is -2.05. The topological polar surface area (TPSA) is 65.1 Å². The molecule has 0 radical (unpaired) electrons. The lowest BCUT2D eigenvalue weighted by Crippen LogP contribution is -1.94. The van der Waals surface area contributed by atoms with Crippen LogP contribution in [0.3, 0.4) is 0 Å². The van der Waals surface area contributed by atoms with E-state index in [0.29, 0.717) is 0 Å². The van der Waals surface area contributed by atoms with Crippen molar-refractivity contribution in [2.24, 2.45) is 0 Å². The van der Waals surface area contributed by atoms with Gasteiger partial charge in [-0.1, -0.05) is 18.2 Å². The number of nitrogens with one attached hydrogen (secondary N) is 2. The number of fused-ring (bicyclic) bond motifs is 1. The van der Waals surface area contributed by atoms with E-state index in [1.54, 1.807) is 6.07 Å². The van der Waals surface area contributed by atoms with Crippen molar-refractivity contribution in [1.82, 2.24) is 4.98 Å². The summed E-state index contributed by atoms with van der Waals surface area (Å²) in [4.78, 5) is 13.8. The summed E-state index contributed by atoms with van der Waals surface area (Å²) in [6.45, 7) is 0. The lowest BCUT2D eigenvalue weighted by atomic mass is 10.2. The molecule has 0 unspecified atom stereocenters. The van der Waals surface area contributed by atoms with Crippen molar-refractivity contribution in [3.05, 3.63) is 60.3 Å². The maximum absolute atomic E-state index is 10.9. The number of hydrogen-bond donors (Lipinski definition) is 3. The molecule has 2 aromatic carbocycles. The largest absolute Gasteiger partial charge is 0.477 e. The Labute approximate surface area is 109 Å². The van der Waals surface area contributed by atoms with Crippen molar-refractivity contribution < 1.29 is 9.90 Å². The Kier molecular flexibility index (Phi) is 2.68. The van der Waals surface area contributed by atoms with Gasteiger partial charge in [-0.2, -0.15) is 0 Å². The van der Waals surface area contributed by atoms with E-state index in [-0.39, 0.29) is 5.69 Å². The second-order valence-electron chi connectivity index (χ2n) is 4.28. The molecule has 19 heavy (non-hydrogen) atoms. The van der Waals surface area contributed by atoms with Gasteiger partial charge in [-0.3, -0.25) is 0 Å². The molecule has 0 aliphatic heterocycles. The smallest absolute Gasteiger partial charge is 0.352 e. The Morgan fingerprint density at radius 3 is 2.53 bits per heavy atom. The van der Waals surface area contributed by atoms with Gasteiger partial charge in [0.1, 0.15) is 5.69 Å². The van der Waals surface area contributed by atoms with E-state index in [9.17, 15) is 4.79 Å². The molecule has 4 heteroatoms. The van der Waals surface area contributed by atoms with Gasteiger partial charge in [0.25, 0.3) is 0 Å². The van der Waals surface area contributed by atoms with Gasteiger partial charge in [0.05, 0.1) is 0 Å². The van der Waals surface area contributed by atoms with Gasteiger partial charge in [-0.25, -0.2) is 4.79 Å². The first kappa shape index (κ1) is 11.3. The third kappa shape index (κ3) is 2.28. The first-order valence-electron chi connectivity index (χ1n) is 5.90. The predicted octanol–water partition coefficient (Wildman–Crippen LogP) is 3.61. The number of carboxylic acid groups (broad SMARTS) is 1. The molecule has 0 aliphatic carbocycles. The molecule has 3 aromatic rings. The van der Waals surface area contributed by atoms with E-state index >= 15 is 0 Å². The van der Waals surface area contributed by atoms with Crippen LogP contribution in [0, 0.1) is 0 Å². The molecule has 0 saturated carbocycles. The molecule has 4 nitrogen and oxygen atoms in total. The molecular weight excluding hydrogens is 240 g/mol. The van der Waals surface area contributed by atoms with E-state index in [0.717, 1.165) is 22.3 Å². The second kappa shape index (κ2) is 4.49. The number of carboxylic acids is 1. The minimum Gasteiger partial charge on any atom is -0.477 e. The number of aromatic amines is 1. The second-order valence-corrected chi connectivity index (χ2v) is 4.28. The molecule has 0 amide bonds. The zero-order chi connectivity index (χ0) is 13.2. The zero-order valence-corrected chi connectivity index (χ0v) is 10.1. The summed E-state index contributed by atoms with van der Waals surface area (Å²) in [7, 11) is 0. The van der Waals surface area contributed by atoms with Gasteiger partial charge < -0.3 is 15.4 Å². The van der Waals surface area contributed by atoms with E-state index in [2.05, 4.69) is 10.3 Å². The molecular formula is C15H12N2O2. The van der Waals surface area contributed by atoms with E-state index in [1.165, 1.54) is 0 Å². The average Bonchev–Trinajstić information content (AvgIpc) is 2.83. The summed E-state index contributed by atoms with van der Waals surface area (Å²) in [5.74, 6) is -0.950. The minimum atomic E-state index is -0.950. The summed E-state index contributed by atoms with van der Waals surface area (Å²) >= 11 is 0. The van der Waals surface area contributed by atoms with Gasteiger partial charge in [0.15, 0.2) is 0 Å². The van der Waals surface area contributed by atoms with Gasteiger partial charge in [-0.05, 0) is 36.4 Å². The van der Waals surface area contributed by atoms with Crippen molar-refractivity contribution in [2.45, 2.75) is 0 Å². The Bertz CT molecular complexity index is 732. The summed E-state index contributed by atoms with van der Waals surface area (Å²) in [5.41, 5.74) is 2.94. The number of aromatic carboxylic acids is 1. The Morgan fingerprint density at radius 1 is 1.00 bits per heavy atom. The molecule has 0 saturated heterocycles. The van der Waals surface area contributed by atoms with Crippen LogP contribution in [0.15, 0.2) is 54.6 Å². The van der Waals surface area contributed by atoms with Crippen molar-refractivity contribution >= 4 is 28.2 Å². The number of H-pyrrole nitrogens is 1. The molecule has 1 heterocycles. The van der Waals surface area contributed by atoms with Gasteiger partial charge in [0.2, 0.25) is 0 Å². The molecule has 3 rings (SSSR count). The van der Waals surface area contributed by atoms with Crippen LogP contribution in [0.2, 0.25) is 0 Å². The normalized spacial score (nSPS) is 10.5. The number of para-hydroxylation sites is 1. The first-order chi connectivity index (χ1) is 9.22. The number of hydrogen-bond acceptors (Lipinski definition) is 2. The quantitative estimate of drug-likeness (QED) is 0.667. The molecule has 1 aromatic heterocycles. The van der Waals surface area contributed by atoms with Gasteiger partial charge in [0, 0.05) is 22.3 Å². The van der Waals surface area contributed by atoms with Crippen LogP contribution >= 0.6 is 0 Å². The fourth-order valence-electron chi connectivity index (χ4n) is 2.01. The standard InChI is InChI=1S/C15H12N2O2/c18-15(19)14-9-10-8-12(6-7-13(10)17-14)16-11-4-2-1-3-5-11/h1-9,16-17H,(H,18,19). The van der Waals surface area contributed by atoms with E-state index in [4.69, 9.17) is 5.11 Å². The first-order valence-corrected chi connectivity index (χ1v) is 5.90. The number of carbonyl (C=O) groups is 1. The summed E-state index contributed by atoms with van der Waals surface area (Å²) in [5, 5.41) is 13.1. The highest BCUT2D eigenvalue weighted by Crippen LogP contribution is 2.22. The van der Waals surface area contributed by atoms with Crippen molar-refractivity contribution in [1.29, 1.82) is 0 Å². The van der Waals surface area contributed by atoms with Crippen LogP contribution in [0.25, 0.3) is 10.9 Å². The third-order valence-corrected chi connectivity index (χ3v) is 2.91. The molecule has 0 spiro atoms. The van der Waals surface area contributed by atoms with Crippen LogP contribution < -0.4 is 5.32 Å². The van der Waals surface area contributed by atoms with E-state index < -0.39 is 5.97 Å². The molecule has 0 fully saturated rings. The van der Waals surface area contributed by atoms with Crippen molar-refractivity contribution in [3.63, 3.8) is 0 Å². The van der Waals surface area contributed by atoms with Crippen LogP contribution in [0.5, 0.6) is 0 Å². The fraction of sp³-hybridized carbons (Fsp3) is 0. The number of rotatable bonds is 3. The third-order valence-electron chi connectivity index (χ3n) is 2.91. The molecule has 0 bridgehead atoms. The van der Waals surface area contributed by atoms with Crippen LogP contribution in [-0.2, 0) is 0 Å². The number of aromatic nitrogens is 1. The van der Waals surface area contributed by atoms with Crippen LogP contribution in [0.4, 0.5) is 11.4 Å². The maximum Gasteiger partial charge on any atom is 0.352 e. The number of benzene rings is 2. The van der Waals surface area contributed by atoms with Crippen LogP contribution in [0.1, 0.15) is 10.5 Å². The summed E-state index contributed by atoms with van der Waals surface area (Å²) in [6.07, 6.45) is 0. The Morgan fingerprint density at radius 2 is 1.79 bits per heavy atom. The molecule has 0 atom stereocenters. The highest BCUT2D eigenvalue weighted by atomic mass is 16.4. The maximum atomic E-state index is 10.9. The average molecular weight is 252 g/mol. The minimum absolute atomic E-state index is 0.201. The molecule has 3 N–H and O–H groups in total. The number of anilines is 2. The summed E-state index contributed by atoms with van der Waals surface area (Å²) < 4.78 is 0. The SMILES string of the molecule is O=C(O)c1cc2cc(Nc3ccccc3)ccc2[nH]1. The van der Waals surface area contributed by atoms with Crippen molar-refractivity contribution in [2.75, 3.05) is 5.32 Å². The zero-order valence-electron chi connectivity index (χ0n) is 10.1. The Hall–Kier alpha value is -2.75. The van der Waals surface area contributed by atoms with Crippen LogP contribution in [-0.4, -0.2) is 16.1 Å². The predicted molar refractivity (Wildman–Crippen MR) is 75.0 cm³/mol.